The number of hydrogen-bond acceptors (Lipinski definition) is 4. The van der Waals surface area contributed by atoms with Gasteiger partial charge in [-0.05, 0) is 67.4 Å². The highest BCUT2D eigenvalue weighted by Crippen LogP contribution is 2.31. The van der Waals surface area contributed by atoms with Crippen LogP contribution in [-0.4, -0.2) is 29.4 Å². The van der Waals surface area contributed by atoms with Crippen molar-refractivity contribution >= 4 is 5.91 Å². The van der Waals surface area contributed by atoms with Gasteiger partial charge in [0.05, 0.1) is 12.6 Å². The Hall–Kier alpha value is -3.48. The monoisotopic (exact) mass is 426 g/mol. The van der Waals surface area contributed by atoms with Crippen LogP contribution in [0.15, 0.2) is 60.9 Å². The van der Waals surface area contributed by atoms with Gasteiger partial charge in [-0.3, -0.25) is 9.78 Å². The topological polar surface area (TPSA) is 51.7 Å². The number of rotatable bonds is 8. The average Bonchev–Trinajstić information content (AvgIpc) is 2.79. The summed E-state index contributed by atoms with van der Waals surface area (Å²) < 4.78 is 38.3. The van der Waals surface area contributed by atoms with E-state index in [-0.39, 0.29) is 5.91 Å². The molecule has 3 aromatic rings. The minimum atomic E-state index is -0.945. The summed E-state index contributed by atoms with van der Waals surface area (Å²) >= 11 is 0. The second-order valence-electron chi connectivity index (χ2n) is 7.00. The van der Waals surface area contributed by atoms with Gasteiger partial charge >= 0.3 is 0 Å². The Bertz CT molecular complexity index is 1040. The van der Waals surface area contributed by atoms with Gasteiger partial charge in [-0.25, -0.2) is 8.78 Å². The fourth-order valence-corrected chi connectivity index (χ4v) is 3.04. The Balaban J connectivity index is 1.78. The molecule has 162 valence electrons. The molecule has 31 heavy (non-hydrogen) atoms. The smallest absolute Gasteiger partial charge is 0.254 e. The van der Waals surface area contributed by atoms with Crippen molar-refractivity contribution in [3.05, 3.63) is 89.2 Å². The van der Waals surface area contributed by atoms with Gasteiger partial charge in [0.15, 0.2) is 23.1 Å². The minimum absolute atomic E-state index is 0.279. The molecule has 0 fully saturated rings. The molecule has 0 N–H and O–H groups in total. The first kappa shape index (κ1) is 22.2. The van der Waals surface area contributed by atoms with E-state index in [1.807, 2.05) is 19.1 Å². The lowest BCUT2D eigenvalue weighted by molar-refractivity contribution is 0.0741. The van der Waals surface area contributed by atoms with Crippen LogP contribution < -0.4 is 9.47 Å². The molecule has 3 rings (SSSR count). The van der Waals surface area contributed by atoms with Gasteiger partial charge < -0.3 is 14.4 Å². The van der Waals surface area contributed by atoms with E-state index >= 15 is 0 Å². The first-order chi connectivity index (χ1) is 14.9. The van der Waals surface area contributed by atoms with Crippen LogP contribution in [0, 0.1) is 11.6 Å². The van der Waals surface area contributed by atoms with Gasteiger partial charge in [0.25, 0.3) is 5.91 Å². The predicted molar refractivity (Wildman–Crippen MR) is 113 cm³/mol. The van der Waals surface area contributed by atoms with Crippen LogP contribution in [-0.2, 0) is 6.61 Å². The van der Waals surface area contributed by atoms with Gasteiger partial charge in [0, 0.05) is 25.0 Å². The van der Waals surface area contributed by atoms with Gasteiger partial charge in [-0.15, -0.1) is 0 Å². The maximum absolute atomic E-state index is 13.6. The second kappa shape index (κ2) is 10.0. The number of halogens is 2. The molecule has 1 aromatic heterocycles. The highest BCUT2D eigenvalue weighted by molar-refractivity contribution is 5.95. The molecule has 1 unspecified atom stereocenters. The first-order valence-electron chi connectivity index (χ1n) is 9.91. The van der Waals surface area contributed by atoms with Crippen molar-refractivity contribution in [1.29, 1.82) is 0 Å². The molecule has 0 aliphatic rings. The lowest BCUT2D eigenvalue weighted by Crippen LogP contribution is -2.29. The fourth-order valence-electron chi connectivity index (χ4n) is 3.04. The van der Waals surface area contributed by atoms with E-state index in [9.17, 15) is 13.6 Å². The van der Waals surface area contributed by atoms with Gasteiger partial charge in [0.2, 0.25) is 0 Å². The van der Waals surface area contributed by atoms with Crippen molar-refractivity contribution in [2.45, 2.75) is 26.5 Å². The van der Waals surface area contributed by atoms with Crippen LogP contribution in [0.5, 0.6) is 11.5 Å². The van der Waals surface area contributed by atoms with E-state index in [1.165, 1.54) is 11.0 Å². The average molecular weight is 426 g/mol. The molecular formula is C24H24F2N2O3. The number of carbonyl (C=O) groups is 1. The molecule has 1 atom stereocenters. The summed E-state index contributed by atoms with van der Waals surface area (Å²) in [6.45, 7) is 4.34. The number of nitrogens with zero attached hydrogens (tertiary/aromatic N) is 2. The second-order valence-corrected chi connectivity index (χ2v) is 7.00. The summed E-state index contributed by atoms with van der Waals surface area (Å²) in [7, 11) is 1.61. The zero-order chi connectivity index (χ0) is 22.4. The molecule has 0 saturated carbocycles. The summed E-state index contributed by atoms with van der Waals surface area (Å²) in [5.41, 5.74) is 1.85. The van der Waals surface area contributed by atoms with Crippen molar-refractivity contribution in [3.63, 3.8) is 0 Å². The summed E-state index contributed by atoms with van der Waals surface area (Å²) in [5, 5.41) is 0. The van der Waals surface area contributed by atoms with Crippen LogP contribution in [0.4, 0.5) is 8.78 Å². The van der Waals surface area contributed by atoms with Crippen LogP contribution in [0.1, 0.15) is 41.4 Å². The molecule has 2 aromatic carbocycles. The number of amides is 1. The number of ether oxygens (including phenoxy) is 2. The predicted octanol–water partition coefficient (Wildman–Crippen LogP) is 5.17. The highest BCUT2D eigenvalue weighted by Gasteiger charge is 2.21. The Morgan fingerprint density at radius 1 is 1.00 bits per heavy atom. The Morgan fingerprint density at radius 2 is 1.74 bits per heavy atom. The number of aromatic nitrogens is 1. The summed E-state index contributed by atoms with van der Waals surface area (Å²) in [6.07, 6.45) is 3.38. The van der Waals surface area contributed by atoms with Crippen molar-refractivity contribution < 1.29 is 23.0 Å². The molecule has 0 radical (unpaired) electrons. The van der Waals surface area contributed by atoms with Crippen molar-refractivity contribution in [2.24, 2.45) is 0 Å². The zero-order valence-electron chi connectivity index (χ0n) is 17.6. The van der Waals surface area contributed by atoms with Crippen LogP contribution in [0.2, 0.25) is 0 Å². The van der Waals surface area contributed by atoms with Crippen LogP contribution in [0.25, 0.3) is 0 Å². The van der Waals surface area contributed by atoms with Crippen LogP contribution in [0.3, 0.4) is 0 Å². The zero-order valence-corrected chi connectivity index (χ0v) is 17.6. The van der Waals surface area contributed by atoms with E-state index in [4.69, 9.17) is 9.47 Å². The van der Waals surface area contributed by atoms with Gasteiger partial charge in [0.1, 0.15) is 6.61 Å². The third-order valence-electron chi connectivity index (χ3n) is 4.96. The van der Waals surface area contributed by atoms with Gasteiger partial charge in [-0.2, -0.15) is 0 Å². The first-order valence-corrected chi connectivity index (χ1v) is 9.91. The third-order valence-corrected chi connectivity index (χ3v) is 4.96. The van der Waals surface area contributed by atoms with E-state index in [2.05, 4.69) is 4.98 Å². The third kappa shape index (κ3) is 5.36. The quantitative estimate of drug-likeness (QED) is 0.499. The maximum Gasteiger partial charge on any atom is 0.254 e. The van der Waals surface area contributed by atoms with Gasteiger partial charge in [-0.1, -0.05) is 6.07 Å². The standard InChI is InChI=1S/C24H24F2N2O3/c1-4-30-23-14-19(6-8-22(23)31-15-17-9-11-27-12-10-17)24(29)28(3)16(2)18-5-7-20(25)21(26)13-18/h5-14,16H,4,15H2,1-3H3. The van der Waals surface area contributed by atoms with E-state index in [0.29, 0.717) is 35.8 Å². The molecule has 0 spiro atoms. The fraction of sp³-hybridized carbons (Fsp3) is 0.250. The van der Waals surface area contributed by atoms with E-state index in [0.717, 1.165) is 17.7 Å². The van der Waals surface area contributed by atoms with E-state index < -0.39 is 17.7 Å². The Kier molecular flexibility index (Phi) is 7.18. The maximum atomic E-state index is 13.6. The molecule has 7 heteroatoms. The highest BCUT2D eigenvalue weighted by atomic mass is 19.2. The Morgan fingerprint density at radius 3 is 2.42 bits per heavy atom. The molecule has 0 aliphatic heterocycles. The molecule has 1 amide bonds. The molecule has 0 bridgehead atoms. The van der Waals surface area contributed by atoms with Crippen molar-refractivity contribution in [1.82, 2.24) is 9.88 Å². The molecular weight excluding hydrogens is 402 g/mol. The minimum Gasteiger partial charge on any atom is -0.490 e. The summed E-state index contributed by atoms with van der Waals surface area (Å²) in [5.74, 6) is -1.17. The molecule has 0 saturated heterocycles. The molecule has 1 heterocycles. The summed E-state index contributed by atoms with van der Waals surface area (Å²) in [6, 6.07) is 11.8. The number of carbonyl (C=O) groups excluding carboxylic acids is 1. The molecule has 5 nitrogen and oxygen atoms in total. The Labute approximate surface area is 180 Å². The van der Waals surface area contributed by atoms with Crippen molar-refractivity contribution in [3.8, 4) is 11.5 Å². The normalized spacial score (nSPS) is 11.6. The van der Waals surface area contributed by atoms with E-state index in [1.54, 1.807) is 44.6 Å². The number of hydrogen-bond donors (Lipinski definition) is 0. The number of pyridine rings is 1. The largest absolute Gasteiger partial charge is 0.490 e. The van der Waals surface area contributed by atoms with Crippen molar-refractivity contribution in [2.75, 3.05) is 13.7 Å². The van der Waals surface area contributed by atoms with Crippen LogP contribution >= 0.6 is 0 Å². The lowest BCUT2D eigenvalue weighted by Gasteiger charge is -2.26. The lowest BCUT2D eigenvalue weighted by atomic mass is 10.1. The molecule has 0 aliphatic carbocycles. The number of benzene rings is 2. The SMILES string of the molecule is CCOc1cc(C(=O)N(C)C(C)c2ccc(F)c(F)c2)ccc1OCc1ccncc1. The summed E-state index contributed by atoms with van der Waals surface area (Å²) in [4.78, 5) is 18.5.